The highest BCUT2D eigenvalue weighted by molar-refractivity contribution is 7.89. The number of ether oxygens (including phenoxy) is 1. The SMILES string of the molecule is COCCS(=O)(=O)NCCCC#N. The molecule has 0 bridgehead atoms. The van der Waals surface area contributed by atoms with Crippen molar-refractivity contribution in [2.75, 3.05) is 26.0 Å². The van der Waals surface area contributed by atoms with Gasteiger partial charge in [0.15, 0.2) is 0 Å². The standard InChI is InChI=1S/C7H14N2O3S/c1-12-6-7-13(10,11)9-5-3-2-4-8/h9H,2-3,5-7H2,1H3. The van der Waals surface area contributed by atoms with Crippen molar-refractivity contribution >= 4 is 10.0 Å². The van der Waals surface area contributed by atoms with Gasteiger partial charge in [0.05, 0.1) is 18.4 Å². The van der Waals surface area contributed by atoms with Gasteiger partial charge in [0.1, 0.15) is 0 Å². The monoisotopic (exact) mass is 206 g/mol. The van der Waals surface area contributed by atoms with Crippen LogP contribution in [-0.2, 0) is 14.8 Å². The summed E-state index contributed by atoms with van der Waals surface area (Å²) in [6.45, 7) is 0.507. The minimum Gasteiger partial charge on any atom is -0.384 e. The van der Waals surface area contributed by atoms with Crippen molar-refractivity contribution in [3.8, 4) is 6.07 Å². The first-order valence-corrected chi connectivity index (χ1v) is 5.61. The van der Waals surface area contributed by atoms with Crippen molar-refractivity contribution in [3.05, 3.63) is 0 Å². The number of nitrogens with one attached hydrogen (secondary N) is 1. The van der Waals surface area contributed by atoms with Gasteiger partial charge in [-0.25, -0.2) is 13.1 Å². The minimum atomic E-state index is -3.21. The fourth-order valence-corrected chi connectivity index (χ4v) is 1.65. The van der Waals surface area contributed by atoms with Crippen LogP contribution in [0.2, 0.25) is 0 Å². The van der Waals surface area contributed by atoms with Crippen LogP contribution in [0.5, 0.6) is 0 Å². The van der Waals surface area contributed by atoms with E-state index >= 15 is 0 Å². The van der Waals surface area contributed by atoms with Crippen molar-refractivity contribution in [3.63, 3.8) is 0 Å². The lowest BCUT2D eigenvalue weighted by atomic mass is 10.3. The second kappa shape index (κ2) is 6.83. The first-order valence-electron chi connectivity index (χ1n) is 3.95. The van der Waals surface area contributed by atoms with E-state index in [2.05, 4.69) is 9.46 Å². The molecule has 6 heteroatoms. The van der Waals surface area contributed by atoms with Crippen LogP contribution >= 0.6 is 0 Å². The normalized spacial score (nSPS) is 11.1. The molecule has 0 saturated heterocycles. The third kappa shape index (κ3) is 7.71. The summed E-state index contributed by atoms with van der Waals surface area (Å²) in [4.78, 5) is 0. The zero-order chi connectivity index (χ0) is 10.2. The Kier molecular flexibility index (Phi) is 6.49. The number of nitriles is 1. The largest absolute Gasteiger partial charge is 0.384 e. The summed E-state index contributed by atoms with van der Waals surface area (Å²) in [6.07, 6.45) is 0.912. The van der Waals surface area contributed by atoms with Gasteiger partial charge in [-0.05, 0) is 6.42 Å². The van der Waals surface area contributed by atoms with Gasteiger partial charge in [-0.1, -0.05) is 0 Å². The van der Waals surface area contributed by atoms with Gasteiger partial charge in [0.2, 0.25) is 10.0 Å². The maximum absolute atomic E-state index is 11.1. The zero-order valence-electron chi connectivity index (χ0n) is 7.62. The Morgan fingerprint density at radius 1 is 1.54 bits per heavy atom. The lowest BCUT2D eigenvalue weighted by molar-refractivity contribution is 0.217. The van der Waals surface area contributed by atoms with E-state index in [0.717, 1.165) is 0 Å². The molecule has 0 fully saturated rings. The molecular weight excluding hydrogens is 192 g/mol. The van der Waals surface area contributed by atoms with Crippen LogP contribution in [0.15, 0.2) is 0 Å². The minimum absolute atomic E-state index is 0.0317. The summed E-state index contributed by atoms with van der Waals surface area (Å²) < 4.78 is 29.2. The molecule has 0 saturated carbocycles. The zero-order valence-corrected chi connectivity index (χ0v) is 8.43. The highest BCUT2D eigenvalue weighted by atomic mass is 32.2. The molecule has 76 valence electrons. The average molecular weight is 206 g/mol. The van der Waals surface area contributed by atoms with Gasteiger partial charge in [0, 0.05) is 20.1 Å². The van der Waals surface area contributed by atoms with Gasteiger partial charge in [0.25, 0.3) is 0 Å². The molecule has 0 aliphatic rings. The van der Waals surface area contributed by atoms with Crippen molar-refractivity contribution in [1.29, 1.82) is 5.26 Å². The molecule has 0 spiro atoms. The van der Waals surface area contributed by atoms with E-state index in [4.69, 9.17) is 5.26 Å². The third-order valence-electron chi connectivity index (χ3n) is 1.34. The van der Waals surface area contributed by atoms with Crippen molar-refractivity contribution in [1.82, 2.24) is 4.72 Å². The van der Waals surface area contributed by atoms with E-state index in [1.807, 2.05) is 6.07 Å². The molecule has 0 atom stereocenters. The van der Waals surface area contributed by atoms with E-state index in [0.29, 0.717) is 19.4 Å². The van der Waals surface area contributed by atoms with Crippen molar-refractivity contribution in [2.45, 2.75) is 12.8 Å². The number of rotatable bonds is 7. The number of hydrogen-bond acceptors (Lipinski definition) is 4. The Bertz CT molecular complexity index is 255. The summed E-state index contributed by atoms with van der Waals surface area (Å²) >= 11 is 0. The maximum Gasteiger partial charge on any atom is 0.213 e. The number of unbranched alkanes of at least 4 members (excludes halogenated alkanes) is 1. The number of hydrogen-bond donors (Lipinski definition) is 1. The second-order valence-corrected chi connectivity index (χ2v) is 4.39. The average Bonchev–Trinajstić information content (AvgIpc) is 2.09. The van der Waals surface area contributed by atoms with Crippen LogP contribution in [0.1, 0.15) is 12.8 Å². The fourth-order valence-electron chi connectivity index (χ4n) is 0.660. The van der Waals surface area contributed by atoms with Gasteiger partial charge in [-0.15, -0.1) is 0 Å². The van der Waals surface area contributed by atoms with Gasteiger partial charge in [-0.2, -0.15) is 5.26 Å². The molecule has 0 aromatic carbocycles. The molecule has 0 radical (unpaired) electrons. The highest BCUT2D eigenvalue weighted by Crippen LogP contribution is 1.88. The second-order valence-electron chi connectivity index (χ2n) is 2.47. The smallest absolute Gasteiger partial charge is 0.213 e. The Morgan fingerprint density at radius 2 is 2.23 bits per heavy atom. The Morgan fingerprint density at radius 3 is 2.77 bits per heavy atom. The molecule has 1 N–H and O–H groups in total. The summed E-state index contributed by atoms with van der Waals surface area (Å²) in [5.41, 5.74) is 0. The summed E-state index contributed by atoms with van der Waals surface area (Å²) in [7, 11) is -1.76. The summed E-state index contributed by atoms with van der Waals surface area (Å²) in [6, 6.07) is 1.94. The molecular formula is C7H14N2O3S. The molecule has 0 aliphatic heterocycles. The Hall–Kier alpha value is -0.640. The van der Waals surface area contributed by atoms with E-state index in [-0.39, 0.29) is 12.4 Å². The quantitative estimate of drug-likeness (QED) is 0.588. The summed E-state index contributed by atoms with van der Waals surface area (Å²) in [5, 5.41) is 8.19. The van der Waals surface area contributed by atoms with Gasteiger partial charge >= 0.3 is 0 Å². The lowest BCUT2D eigenvalue weighted by Gasteiger charge is -2.03. The molecule has 13 heavy (non-hydrogen) atoms. The van der Waals surface area contributed by atoms with Crippen LogP contribution in [0.4, 0.5) is 0 Å². The fraction of sp³-hybridized carbons (Fsp3) is 0.857. The number of methoxy groups -OCH3 is 1. The highest BCUT2D eigenvalue weighted by Gasteiger charge is 2.07. The molecule has 5 nitrogen and oxygen atoms in total. The van der Waals surface area contributed by atoms with Crippen LogP contribution < -0.4 is 4.72 Å². The molecule has 0 aliphatic carbocycles. The predicted octanol–water partition coefficient (Wildman–Crippen LogP) is -0.144. The van der Waals surface area contributed by atoms with Gasteiger partial charge < -0.3 is 4.74 Å². The van der Waals surface area contributed by atoms with Crippen LogP contribution in [0.25, 0.3) is 0 Å². The lowest BCUT2D eigenvalue weighted by Crippen LogP contribution is -2.29. The third-order valence-corrected chi connectivity index (χ3v) is 2.69. The van der Waals surface area contributed by atoms with Crippen LogP contribution in [-0.4, -0.2) is 34.4 Å². The first kappa shape index (κ1) is 12.4. The van der Waals surface area contributed by atoms with Crippen LogP contribution in [0, 0.1) is 11.3 Å². The number of sulfonamides is 1. The topological polar surface area (TPSA) is 79.2 Å². The van der Waals surface area contributed by atoms with E-state index < -0.39 is 10.0 Å². The first-order chi connectivity index (χ1) is 6.12. The molecule has 0 unspecified atom stereocenters. The molecule has 0 aromatic heterocycles. The van der Waals surface area contributed by atoms with Crippen molar-refractivity contribution in [2.24, 2.45) is 0 Å². The van der Waals surface area contributed by atoms with E-state index in [9.17, 15) is 8.42 Å². The molecule has 0 amide bonds. The van der Waals surface area contributed by atoms with Crippen molar-refractivity contribution < 1.29 is 13.2 Å². The predicted molar refractivity (Wildman–Crippen MR) is 48.5 cm³/mol. The molecule has 0 aromatic rings. The summed E-state index contributed by atoms with van der Waals surface area (Å²) in [5.74, 6) is -0.0317. The van der Waals surface area contributed by atoms with Crippen LogP contribution in [0.3, 0.4) is 0 Å². The molecule has 0 rings (SSSR count). The van der Waals surface area contributed by atoms with E-state index in [1.165, 1.54) is 7.11 Å². The van der Waals surface area contributed by atoms with Gasteiger partial charge in [-0.3, -0.25) is 0 Å². The Labute approximate surface area is 78.7 Å². The number of nitrogens with zero attached hydrogens (tertiary/aromatic N) is 1. The maximum atomic E-state index is 11.1. The van der Waals surface area contributed by atoms with E-state index in [1.54, 1.807) is 0 Å². The molecule has 0 heterocycles. The Balaban J connectivity index is 3.59.